The number of primary amides is 1. The summed E-state index contributed by atoms with van der Waals surface area (Å²) in [5.74, 6) is -0.472. The Labute approximate surface area is 97.6 Å². The molecule has 5 heteroatoms. The van der Waals surface area contributed by atoms with Gasteiger partial charge in [-0.15, -0.1) is 23.2 Å². The Morgan fingerprint density at radius 3 is 2.60 bits per heavy atom. The van der Waals surface area contributed by atoms with Crippen molar-refractivity contribution in [3.63, 3.8) is 0 Å². The maximum atomic E-state index is 11.0. The number of amides is 1. The minimum Gasteiger partial charge on any atom is -0.366 e. The molecule has 2 unspecified atom stereocenters. The first-order valence-corrected chi connectivity index (χ1v) is 5.39. The summed E-state index contributed by atoms with van der Waals surface area (Å²) >= 11 is 12.0. The Kier molecular flexibility index (Phi) is 2.40. The summed E-state index contributed by atoms with van der Waals surface area (Å²) in [7, 11) is 0. The summed E-state index contributed by atoms with van der Waals surface area (Å²) in [6.07, 6.45) is 1.55. The second-order valence-corrected chi connectivity index (χ2v) is 4.82. The van der Waals surface area contributed by atoms with Crippen LogP contribution in [0.3, 0.4) is 0 Å². The number of hydrogen-bond donors (Lipinski definition) is 1. The van der Waals surface area contributed by atoms with Crippen LogP contribution >= 0.6 is 23.2 Å². The van der Waals surface area contributed by atoms with E-state index in [0.29, 0.717) is 5.56 Å². The molecule has 1 heterocycles. The first-order valence-electron chi connectivity index (χ1n) is 4.52. The zero-order valence-corrected chi connectivity index (χ0v) is 9.59. The maximum absolute atomic E-state index is 11.0. The van der Waals surface area contributed by atoms with Gasteiger partial charge in [-0.2, -0.15) is 0 Å². The van der Waals surface area contributed by atoms with Crippen LogP contribution in [0.15, 0.2) is 18.3 Å². The average molecular weight is 245 g/mol. The van der Waals surface area contributed by atoms with Crippen LogP contribution in [0.25, 0.3) is 0 Å². The Hall–Kier alpha value is -0.800. The molecule has 0 radical (unpaired) electrons. The lowest BCUT2D eigenvalue weighted by atomic mass is 10.0. The molecule has 1 aromatic heterocycles. The highest BCUT2D eigenvalue weighted by atomic mass is 35.5. The molecule has 0 aliphatic heterocycles. The number of aromatic nitrogens is 1. The van der Waals surface area contributed by atoms with Gasteiger partial charge in [0.05, 0.1) is 16.4 Å². The van der Waals surface area contributed by atoms with Gasteiger partial charge in [-0.3, -0.25) is 9.78 Å². The molecule has 1 aliphatic carbocycles. The van der Waals surface area contributed by atoms with E-state index in [-0.39, 0.29) is 16.2 Å². The van der Waals surface area contributed by atoms with E-state index in [0.717, 1.165) is 5.69 Å². The van der Waals surface area contributed by atoms with Gasteiger partial charge in [-0.1, -0.05) is 6.92 Å². The van der Waals surface area contributed by atoms with Gasteiger partial charge in [0.25, 0.3) is 0 Å². The molecule has 0 bridgehead atoms. The zero-order chi connectivity index (χ0) is 11.2. The molecule has 3 nitrogen and oxygen atoms in total. The number of carbonyl (C=O) groups excluding carboxylic acids is 1. The van der Waals surface area contributed by atoms with Gasteiger partial charge in [0, 0.05) is 17.2 Å². The molecule has 2 N–H and O–H groups in total. The van der Waals surface area contributed by atoms with Crippen molar-refractivity contribution in [2.24, 2.45) is 5.73 Å². The third kappa shape index (κ3) is 1.50. The van der Waals surface area contributed by atoms with Crippen LogP contribution in [0.1, 0.15) is 23.0 Å². The van der Waals surface area contributed by atoms with Crippen molar-refractivity contribution in [1.29, 1.82) is 0 Å². The maximum Gasteiger partial charge on any atom is 0.248 e. The fourth-order valence-electron chi connectivity index (χ4n) is 1.57. The van der Waals surface area contributed by atoms with Gasteiger partial charge < -0.3 is 5.73 Å². The van der Waals surface area contributed by atoms with Crippen LogP contribution in [0.5, 0.6) is 0 Å². The highest BCUT2D eigenvalue weighted by Gasteiger charge is 2.62. The van der Waals surface area contributed by atoms with E-state index in [1.807, 2.05) is 6.92 Å². The van der Waals surface area contributed by atoms with Crippen molar-refractivity contribution < 1.29 is 4.79 Å². The van der Waals surface area contributed by atoms with E-state index in [2.05, 4.69) is 4.98 Å². The summed E-state index contributed by atoms with van der Waals surface area (Å²) < 4.78 is 0. The number of rotatable bonds is 2. The molecule has 1 saturated carbocycles. The molecule has 1 aliphatic rings. The molecule has 1 amide bonds. The van der Waals surface area contributed by atoms with E-state index in [1.54, 1.807) is 18.3 Å². The van der Waals surface area contributed by atoms with E-state index in [1.165, 1.54) is 0 Å². The van der Waals surface area contributed by atoms with Crippen molar-refractivity contribution >= 4 is 29.1 Å². The lowest BCUT2D eigenvalue weighted by Crippen LogP contribution is -2.15. The molecule has 80 valence electrons. The van der Waals surface area contributed by atoms with E-state index >= 15 is 0 Å². The molecule has 1 aromatic rings. The third-order valence-electron chi connectivity index (χ3n) is 2.89. The minimum atomic E-state index is -0.472. The number of alkyl halides is 2. The van der Waals surface area contributed by atoms with Crippen LogP contribution in [-0.4, -0.2) is 21.6 Å². The molecule has 1 fully saturated rings. The van der Waals surface area contributed by atoms with Crippen molar-refractivity contribution in [3.05, 3.63) is 29.6 Å². The van der Waals surface area contributed by atoms with Crippen LogP contribution < -0.4 is 5.73 Å². The van der Waals surface area contributed by atoms with Crippen LogP contribution in [0.2, 0.25) is 0 Å². The van der Waals surface area contributed by atoms with Gasteiger partial charge in [0.15, 0.2) is 0 Å². The molecular weight excluding hydrogens is 235 g/mol. The second kappa shape index (κ2) is 3.35. The van der Waals surface area contributed by atoms with Crippen LogP contribution in [0, 0.1) is 0 Å². The standard InChI is InChI=1S/C10H10Cl2N2O/c1-10(7(11)8(10)12)6-4-5(9(13)15)2-3-14-6/h2-4,7-8H,1H3,(H2,13,15). The average Bonchev–Trinajstić information content (AvgIpc) is 2.71. The largest absolute Gasteiger partial charge is 0.366 e. The monoisotopic (exact) mass is 244 g/mol. The predicted molar refractivity (Wildman–Crippen MR) is 59.4 cm³/mol. The first-order chi connectivity index (χ1) is 6.98. The van der Waals surface area contributed by atoms with Gasteiger partial charge >= 0.3 is 0 Å². The van der Waals surface area contributed by atoms with Crippen molar-refractivity contribution in [3.8, 4) is 0 Å². The number of pyridine rings is 1. The zero-order valence-electron chi connectivity index (χ0n) is 8.08. The minimum absolute atomic E-state index is 0.144. The molecule has 0 spiro atoms. The Morgan fingerprint density at radius 1 is 1.53 bits per heavy atom. The Balaban J connectivity index is 2.39. The number of carbonyl (C=O) groups is 1. The summed E-state index contributed by atoms with van der Waals surface area (Å²) in [5, 5.41) is -0.287. The van der Waals surface area contributed by atoms with Crippen molar-refractivity contribution in [2.75, 3.05) is 0 Å². The first kappa shape index (κ1) is 10.7. The van der Waals surface area contributed by atoms with Crippen molar-refractivity contribution in [2.45, 2.75) is 23.1 Å². The topological polar surface area (TPSA) is 56.0 Å². The van der Waals surface area contributed by atoms with E-state index in [9.17, 15) is 4.79 Å². The van der Waals surface area contributed by atoms with Gasteiger partial charge in [-0.25, -0.2) is 0 Å². The normalized spacial score (nSPS) is 33.8. The Morgan fingerprint density at radius 2 is 2.13 bits per heavy atom. The number of hydrogen-bond acceptors (Lipinski definition) is 2. The fraction of sp³-hybridized carbons (Fsp3) is 0.400. The van der Waals surface area contributed by atoms with Crippen LogP contribution in [-0.2, 0) is 5.41 Å². The highest BCUT2D eigenvalue weighted by Crippen LogP contribution is 2.54. The lowest BCUT2D eigenvalue weighted by Gasteiger charge is -2.09. The van der Waals surface area contributed by atoms with Crippen molar-refractivity contribution in [1.82, 2.24) is 4.98 Å². The summed E-state index contributed by atoms with van der Waals surface area (Å²) in [4.78, 5) is 15.2. The summed E-state index contributed by atoms with van der Waals surface area (Å²) in [6, 6.07) is 3.23. The molecular formula is C10H10Cl2N2O. The number of nitrogens with zero attached hydrogens (tertiary/aromatic N) is 1. The smallest absolute Gasteiger partial charge is 0.248 e. The van der Waals surface area contributed by atoms with Gasteiger partial charge in [0.2, 0.25) is 5.91 Å². The molecule has 0 saturated heterocycles. The quantitative estimate of drug-likeness (QED) is 0.805. The molecule has 2 atom stereocenters. The predicted octanol–water partition coefficient (Wildman–Crippen LogP) is 1.67. The van der Waals surface area contributed by atoms with Gasteiger partial charge in [-0.05, 0) is 12.1 Å². The molecule has 2 rings (SSSR count). The second-order valence-electron chi connectivity index (χ2n) is 3.88. The highest BCUT2D eigenvalue weighted by molar-refractivity contribution is 6.36. The van der Waals surface area contributed by atoms with Crippen LogP contribution in [0.4, 0.5) is 0 Å². The lowest BCUT2D eigenvalue weighted by molar-refractivity contribution is 0.1000. The third-order valence-corrected chi connectivity index (χ3v) is 4.43. The summed E-state index contributed by atoms with van der Waals surface area (Å²) in [5.41, 5.74) is 5.98. The van der Waals surface area contributed by atoms with Gasteiger partial charge in [0.1, 0.15) is 0 Å². The Bertz CT molecular complexity index is 414. The number of halogens is 2. The fourth-order valence-corrected chi connectivity index (χ4v) is 2.51. The SMILES string of the molecule is CC1(c2cc(C(N)=O)ccn2)C(Cl)C1Cl. The molecule has 15 heavy (non-hydrogen) atoms. The number of nitrogens with two attached hydrogens (primary N) is 1. The van der Waals surface area contributed by atoms with E-state index in [4.69, 9.17) is 28.9 Å². The van der Waals surface area contributed by atoms with E-state index < -0.39 is 5.91 Å². The molecule has 0 aromatic carbocycles. The summed E-state index contributed by atoms with van der Waals surface area (Å²) in [6.45, 7) is 1.93.